The summed E-state index contributed by atoms with van der Waals surface area (Å²) in [7, 11) is 0. The number of hydrogen-bond donors (Lipinski definition) is 0. The van der Waals surface area contributed by atoms with Crippen LogP contribution in [0.15, 0.2) is 54.9 Å². The predicted molar refractivity (Wildman–Crippen MR) is 65.2 cm³/mol. The average Bonchev–Trinajstić information content (AvgIpc) is 2.38. The normalized spacial score (nSPS) is 10.0. The SMILES string of the molecule is O=C(C[Se]c1ccccc1)c1ccncc1. The van der Waals surface area contributed by atoms with E-state index < -0.39 is 0 Å². The van der Waals surface area contributed by atoms with Gasteiger partial charge in [0.2, 0.25) is 0 Å². The summed E-state index contributed by atoms with van der Waals surface area (Å²) in [5.74, 6) is 0.200. The molecule has 0 bridgehead atoms. The van der Waals surface area contributed by atoms with Crippen molar-refractivity contribution in [1.29, 1.82) is 0 Å². The van der Waals surface area contributed by atoms with Crippen molar-refractivity contribution in [3.8, 4) is 0 Å². The van der Waals surface area contributed by atoms with Crippen LogP contribution in [0.2, 0.25) is 5.32 Å². The molecule has 0 aliphatic heterocycles. The van der Waals surface area contributed by atoms with Gasteiger partial charge in [-0.2, -0.15) is 0 Å². The summed E-state index contributed by atoms with van der Waals surface area (Å²) >= 11 is 0.224. The minimum atomic E-state index is 0.200. The van der Waals surface area contributed by atoms with Crippen LogP contribution >= 0.6 is 0 Å². The first-order chi connectivity index (χ1) is 7.86. The van der Waals surface area contributed by atoms with E-state index in [9.17, 15) is 4.79 Å². The summed E-state index contributed by atoms with van der Waals surface area (Å²) in [6.45, 7) is 0. The number of rotatable bonds is 4. The van der Waals surface area contributed by atoms with Crippen LogP contribution < -0.4 is 4.46 Å². The molecule has 2 nitrogen and oxygen atoms in total. The Morgan fingerprint density at radius 2 is 1.75 bits per heavy atom. The molecule has 0 fully saturated rings. The Labute approximate surface area is 101 Å². The number of benzene rings is 1. The van der Waals surface area contributed by atoms with Gasteiger partial charge in [0.25, 0.3) is 0 Å². The third kappa shape index (κ3) is 3.02. The second-order valence-corrected chi connectivity index (χ2v) is 5.46. The van der Waals surface area contributed by atoms with Crippen LogP contribution in [0.25, 0.3) is 0 Å². The minimum absolute atomic E-state index is 0.200. The molecule has 0 aliphatic carbocycles. The number of pyridine rings is 1. The van der Waals surface area contributed by atoms with Gasteiger partial charge in [-0.05, 0) is 0 Å². The summed E-state index contributed by atoms with van der Waals surface area (Å²) in [6, 6.07) is 13.7. The molecule has 16 heavy (non-hydrogen) atoms. The zero-order valence-electron chi connectivity index (χ0n) is 8.67. The van der Waals surface area contributed by atoms with E-state index >= 15 is 0 Å². The van der Waals surface area contributed by atoms with Crippen molar-refractivity contribution in [3.63, 3.8) is 0 Å². The Morgan fingerprint density at radius 3 is 2.44 bits per heavy atom. The van der Waals surface area contributed by atoms with Crippen molar-refractivity contribution in [3.05, 3.63) is 60.4 Å². The van der Waals surface area contributed by atoms with Crippen molar-refractivity contribution in [2.24, 2.45) is 0 Å². The van der Waals surface area contributed by atoms with Crippen LogP contribution in [0.4, 0.5) is 0 Å². The van der Waals surface area contributed by atoms with E-state index in [1.54, 1.807) is 24.5 Å². The molecule has 0 unspecified atom stereocenters. The fraction of sp³-hybridized carbons (Fsp3) is 0.0769. The molecule has 3 heteroatoms. The quantitative estimate of drug-likeness (QED) is 0.628. The van der Waals surface area contributed by atoms with Gasteiger partial charge in [-0.25, -0.2) is 0 Å². The fourth-order valence-electron chi connectivity index (χ4n) is 1.29. The molecule has 1 aromatic heterocycles. The molecule has 0 N–H and O–H groups in total. The molecule has 1 heterocycles. The van der Waals surface area contributed by atoms with Crippen LogP contribution in [-0.4, -0.2) is 25.7 Å². The summed E-state index contributed by atoms with van der Waals surface area (Å²) in [6.07, 6.45) is 3.31. The summed E-state index contributed by atoms with van der Waals surface area (Å²) in [5.41, 5.74) is 0.757. The summed E-state index contributed by atoms with van der Waals surface area (Å²) < 4.78 is 1.26. The summed E-state index contributed by atoms with van der Waals surface area (Å²) in [5, 5.41) is 0.612. The molecule has 0 saturated heterocycles. The number of nitrogens with zero attached hydrogens (tertiary/aromatic N) is 1. The second-order valence-electron chi connectivity index (χ2n) is 3.26. The molecule has 0 aliphatic rings. The van der Waals surface area contributed by atoms with Gasteiger partial charge in [-0.3, -0.25) is 0 Å². The molecule has 2 aromatic rings. The first-order valence-corrected chi connectivity index (χ1v) is 7.04. The van der Waals surface area contributed by atoms with Crippen molar-refractivity contribution >= 4 is 25.2 Å². The maximum absolute atomic E-state index is 11.8. The van der Waals surface area contributed by atoms with Crippen molar-refractivity contribution in [2.45, 2.75) is 5.32 Å². The average molecular weight is 276 g/mol. The standard InChI is InChI=1S/C13H11NOSe/c15-13(11-6-8-14-9-7-11)10-16-12-4-2-1-3-5-12/h1-9H,10H2. The Bertz CT molecular complexity index is 456. The van der Waals surface area contributed by atoms with E-state index in [0.717, 1.165) is 5.56 Å². The third-order valence-corrected chi connectivity index (χ3v) is 4.24. The van der Waals surface area contributed by atoms with Crippen molar-refractivity contribution < 1.29 is 4.79 Å². The zero-order valence-corrected chi connectivity index (χ0v) is 10.4. The van der Waals surface area contributed by atoms with Gasteiger partial charge in [-0.1, -0.05) is 0 Å². The van der Waals surface area contributed by atoms with E-state index in [1.807, 2.05) is 18.2 Å². The number of aromatic nitrogens is 1. The Hall–Kier alpha value is -1.44. The van der Waals surface area contributed by atoms with Crippen LogP contribution in [0.5, 0.6) is 0 Å². The molecule has 0 spiro atoms. The molecule has 1 aromatic carbocycles. The second kappa shape index (κ2) is 5.59. The van der Waals surface area contributed by atoms with Gasteiger partial charge in [0, 0.05) is 0 Å². The van der Waals surface area contributed by atoms with Gasteiger partial charge in [0.05, 0.1) is 0 Å². The van der Waals surface area contributed by atoms with E-state index in [2.05, 4.69) is 17.1 Å². The monoisotopic (exact) mass is 277 g/mol. The molecule has 0 amide bonds. The van der Waals surface area contributed by atoms with Gasteiger partial charge in [0.15, 0.2) is 0 Å². The van der Waals surface area contributed by atoms with Gasteiger partial charge in [-0.15, -0.1) is 0 Å². The number of carbonyl (C=O) groups excluding carboxylic acids is 1. The van der Waals surface area contributed by atoms with E-state index in [1.165, 1.54) is 4.46 Å². The Balaban J connectivity index is 1.95. The predicted octanol–water partition coefficient (Wildman–Crippen LogP) is 1.71. The Morgan fingerprint density at radius 1 is 1.06 bits per heavy atom. The zero-order chi connectivity index (χ0) is 11.2. The molecule has 80 valence electrons. The maximum atomic E-state index is 11.8. The number of Topliss-reactive ketones (excluding diaryl/α,β-unsaturated/α-hetero) is 1. The van der Waals surface area contributed by atoms with Gasteiger partial charge in [0.1, 0.15) is 0 Å². The first kappa shape index (κ1) is 11.1. The number of ketones is 1. The van der Waals surface area contributed by atoms with Crippen molar-refractivity contribution in [2.75, 3.05) is 0 Å². The van der Waals surface area contributed by atoms with E-state index in [0.29, 0.717) is 5.32 Å². The molecule has 0 saturated carbocycles. The fourth-order valence-corrected chi connectivity index (χ4v) is 2.99. The van der Waals surface area contributed by atoms with Crippen LogP contribution in [-0.2, 0) is 0 Å². The molecule has 2 rings (SSSR count). The molecular weight excluding hydrogens is 265 g/mol. The van der Waals surface area contributed by atoms with Gasteiger partial charge < -0.3 is 0 Å². The van der Waals surface area contributed by atoms with E-state index in [-0.39, 0.29) is 20.7 Å². The molecule has 0 atom stereocenters. The first-order valence-electron chi connectivity index (χ1n) is 4.97. The number of hydrogen-bond acceptors (Lipinski definition) is 2. The number of carbonyl (C=O) groups is 1. The van der Waals surface area contributed by atoms with Gasteiger partial charge >= 0.3 is 101 Å². The molecule has 0 radical (unpaired) electrons. The topological polar surface area (TPSA) is 30.0 Å². The molecular formula is C13H11NOSe. The Kier molecular flexibility index (Phi) is 3.86. The van der Waals surface area contributed by atoms with E-state index in [4.69, 9.17) is 0 Å². The summed E-state index contributed by atoms with van der Waals surface area (Å²) in [4.78, 5) is 15.7. The van der Waals surface area contributed by atoms with Crippen molar-refractivity contribution in [1.82, 2.24) is 4.98 Å². The van der Waals surface area contributed by atoms with Crippen LogP contribution in [0.3, 0.4) is 0 Å². The van der Waals surface area contributed by atoms with Crippen LogP contribution in [0, 0.1) is 0 Å². The van der Waals surface area contributed by atoms with Crippen LogP contribution in [0.1, 0.15) is 10.4 Å². The third-order valence-electron chi connectivity index (χ3n) is 2.12.